The number of allylic oxidation sites excluding steroid dienone is 3. The minimum atomic E-state index is 0.749. The maximum absolute atomic E-state index is 9.84. The number of hydrogen-bond acceptors (Lipinski definition) is 1. The average molecular weight is 147 g/mol. The van der Waals surface area contributed by atoms with Gasteiger partial charge in [0.2, 0.25) is 0 Å². The van der Waals surface area contributed by atoms with Crippen LogP contribution in [0.15, 0.2) is 36.6 Å². The number of aldehydes is 1. The molecule has 0 unspecified atom stereocenters. The number of hydrogen-bond donors (Lipinski definition) is 1. The molecule has 0 saturated heterocycles. The van der Waals surface area contributed by atoms with Gasteiger partial charge >= 0.3 is 0 Å². The van der Waals surface area contributed by atoms with Crippen LogP contribution in [0.25, 0.3) is 6.08 Å². The molecule has 2 heteroatoms. The van der Waals surface area contributed by atoms with Crippen LogP contribution in [0.2, 0.25) is 0 Å². The quantitative estimate of drug-likeness (QED) is 0.394. The second-order valence-electron chi connectivity index (χ2n) is 2.01. The monoisotopic (exact) mass is 147 g/mol. The first-order chi connectivity index (χ1) is 5.43. The predicted molar refractivity (Wildman–Crippen MR) is 45.0 cm³/mol. The largest absolute Gasteiger partial charge is 0.362 e. The van der Waals surface area contributed by atoms with Gasteiger partial charge in [0.25, 0.3) is 0 Å². The summed E-state index contributed by atoms with van der Waals surface area (Å²) in [6.07, 6.45) is 9.43. The van der Waals surface area contributed by atoms with Gasteiger partial charge in [-0.15, -0.1) is 0 Å². The van der Waals surface area contributed by atoms with E-state index in [-0.39, 0.29) is 0 Å². The topological polar surface area (TPSA) is 32.9 Å². The first-order valence-electron chi connectivity index (χ1n) is 3.35. The summed E-state index contributed by atoms with van der Waals surface area (Å²) < 4.78 is 0. The number of rotatable bonds is 3. The third kappa shape index (κ3) is 2.67. The minimum absolute atomic E-state index is 0.749. The number of nitrogens with one attached hydrogen (secondary N) is 1. The molecular weight excluding hydrogens is 138 g/mol. The van der Waals surface area contributed by atoms with Crippen LogP contribution in [0.1, 0.15) is 5.69 Å². The molecule has 0 radical (unpaired) electrons. The zero-order chi connectivity index (χ0) is 7.94. The Kier molecular flexibility index (Phi) is 2.93. The van der Waals surface area contributed by atoms with Crippen LogP contribution < -0.4 is 0 Å². The lowest BCUT2D eigenvalue weighted by Crippen LogP contribution is -1.65. The molecule has 1 aromatic heterocycles. The van der Waals surface area contributed by atoms with Crippen LogP contribution in [0.3, 0.4) is 0 Å². The first-order valence-corrected chi connectivity index (χ1v) is 3.35. The molecule has 1 aromatic rings. The lowest BCUT2D eigenvalue weighted by Gasteiger charge is -1.79. The normalized spacial score (nSPS) is 11.3. The van der Waals surface area contributed by atoms with Crippen LogP contribution in [0.5, 0.6) is 0 Å². The van der Waals surface area contributed by atoms with Crippen LogP contribution >= 0.6 is 0 Å². The zero-order valence-corrected chi connectivity index (χ0v) is 6.03. The molecule has 0 bridgehead atoms. The van der Waals surface area contributed by atoms with Crippen molar-refractivity contribution >= 4 is 12.4 Å². The SMILES string of the molecule is O=CC=CC=Cc1ccc[nH]1. The van der Waals surface area contributed by atoms with Crippen molar-refractivity contribution in [3.63, 3.8) is 0 Å². The molecule has 0 spiro atoms. The third-order valence-electron chi connectivity index (χ3n) is 1.20. The van der Waals surface area contributed by atoms with Crippen molar-refractivity contribution in [3.8, 4) is 0 Å². The van der Waals surface area contributed by atoms with Gasteiger partial charge in [-0.25, -0.2) is 0 Å². The Balaban J connectivity index is 2.49. The fraction of sp³-hybridized carbons (Fsp3) is 0. The van der Waals surface area contributed by atoms with Crippen molar-refractivity contribution in [3.05, 3.63) is 42.3 Å². The number of aromatic nitrogens is 1. The molecule has 11 heavy (non-hydrogen) atoms. The van der Waals surface area contributed by atoms with E-state index in [1.54, 1.807) is 12.2 Å². The molecule has 0 aliphatic carbocycles. The molecule has 1 N–H and O–H groups in total. The van der Waals surface area contributed by atoms with Crippen molar-refractivity contribution in [1.29, 1.82) is 0 Å². The second kappa shape index (κ2) is 4.28. The molecular formula is C9H9NO. The highest BCUT2D eigenvalue weighted by Gasteiger charge is 1.79. The van der Waals surface area contributed by atoms with Gasteiger partial charge in [0, 0.05) is 11.9 Å². The van der Waals surface area contributed by atoms with E-state index < -0.39 is 0 Å². The highest BCUT2D eigenvalue weighted by atomic mass is 16.1. The number of aromatic amines is 1. The van der Waals surface area contributed by atoms with Gasteiger partial charge in [0.1, 0.15) is 6.29 Å². The number of H-pyrrole nitrogens is 1. The molecule has 2 nitrogen and oxygen atoms in total. The maximum atomic E-state index is 9.84. The van der Waals surface area contributed by atoms with Crippen LogP contribution in [-0.4, -0.2) is 11.3 Å². The molecule has 56 valence electrons. The first kappa shape index (κ1) is 7.54. The van der Waals surface area contributed by atoms with E-state index in [0.717, 1.165) is 12.0 Å². The van der Waals surface area contributed by atoms with Gasteiger partial charge in [-0.3, -0.25) is 4.79 Å². The van der Waals surface area contributed by atoms with E-state index in [9.17, 15) is 4.79 Å². The lowest BCUT2D eigenvalue weighted by molar-refractivity contribution is -0.104. The lowest BCUT2D eigenvalue weighted by atomic mass is 10.3. The Morgan fingerprint density at radius 3 is 2.82 bits per heavy atom. The summed E-state index contributed by atoms with van der Waals surface area (Å²) in [5, 5.41) is 0. The van der Waals surface area contributed by atoms with Crippen LogP contribution in [-0.2, 0) is 4.79 Å². The van der Waals surface area contributed by atoms with Gasteiger partial charge in [-0.2, -0.15) is 0 Å². The minimum Gasteiger partial charge on any atom is -0.362 e. The fourth-order valence-electron chi connectivity index (χ4n) is 0.717. The molecule has 0 amide bonds. The van der Waals surface area contributed by atoms with Crippen molar-refractivity contribution in [1.82, 2.24) is 4.98 Å². The van der Waals surface area contributed by atoms with Crippen LogP contribution in [0, 0.1) is 0 Å². The van der Waals surface area contributed by atoms with E-state index in [4.69, 9.17) is 0 Å². The summed E-state index contributed by atoms with van der Waals surface area (Å²) >= 11 is 0. The molecule has 1 rings (SSSR count). The van der Waals surface area contributed by atoms with Crippen molar-refractivity contribution < 1.29 is 4.79 Å². The fourth-order valence-corrected chi connectivity index (χ4v) is 0.717. The molecule has 1 heterocycles. The summed E-state index contributed by atoms with van der Waals surface area (Å²) in [5.74, 6) is 0. The summed E-state index contributed by atoms with van der Waals surface area (Å²) in [4.78, 5) is 12.8. The summed E-state index contributed by atoms with van der Waals surface area (Å²) in [6.45, 7) is 0. The van der Waals surface area contributed by atoms with Gasteiger partial charge in [-0.05, 0) is 24.3 Å². The Morgan fingerprint density at radius 1 is 1.27 bits per heavy atom. The smallest absolute Gasteiger partial charge is 0.142 e. The molecule has 0 saturated carbocycles. The third-order valence-corrected chi connectivity index (χ3v) is 1.20. The van der Waals surface area contributed by atoms with E-state index in [2.05, 4.69) is 4.98 Å². The van der Waals surface area contributed by atoms with Gasteiger partial charge < -0.3 is 4.98 Å². The number of carbonyl (C=O) groups excluding carboxylic acids is 1. The molecule has 0 atom stereocenters. The van der Waals surface area contributed by atoms with Crippen LogP contribution in [0.4, 0.5) is 0 Å². The van der Waals surface area contributed by atoms with Gasteiger partial charge in [0.15, 0.2) is 0 Å². The molecule has 0 aromatic carbocycles. The average Bonchev–Trinajstić information content (AvgIpc) is 2.50. The Hall–Kier alpha value is -1.57. The highest BCUT2D eigenvalue weighted by Crippen LogP contribution is 1.96. The number of carbonyl (C=O) groups is 1. The summed E-state index contributed by atoms with van der Waals surface area (Å²) in [5.41, 5.74) is 1.03. The maximum Gasteiger partial charge on any atom is 0.142 e. The highest BCUT2D eigenvalue weighted by molar-refractivity contribution is 5.66. The summed E-state index contributed by atoms with van der Waals surface area (Å²) in [6, 6.07) is 3.87. The van der Waals surface area contributed by atoms with Crippen molar-refractivity contribution in [2.24, 2.45) is 0 Å². The van der Waals surface area contributed by atoms with E-state index >= 15 is 0 Å². The summed E-state index contributed by atoms with van der Waals surface area (Å²) in [7, 11) is 0. The Morgan fingerprint density at radius 2 is 2.18 bits per heavy atom. The molecule has 0 aliphatic rings. The van der Waals surface area contributed by atoms with Gasteiger partial charge in [0.05, 0.1) is 0 Å². The Bertz CT molecular complexity index is 257. The Labute approximate surface area is 65.2 Å². The van der Waals surface area contributed by atoms with E-state index in [0.29, 0.717) is 0 Å². The van der Waals surface area contributed by atoms with E-state index in [1.807, 2.05) is 24.4 Å². The van der Waals surface area contributed by atoms with Crippen molar-refractivity contribution in [2.45, 2.75) is 0 Å². The van der Waals surface area contributed by atoms with Crippen molar-refractivity contribution in [2.75, 3.05) is 0 Å². The molecule has 0 aliphatic heterocycles. The standard InChI is InChI=1S/C9H9NO/c11-8-3-1-2-5-9-6-4-7-10-9/h1-8,10H. The zero-order valence-electron chi connectivity index (χ0n) is 6.03. The van der Waals surface area contributed by atoms with E-state index in [1.165, 1.54) is 6.08 Å². The van der Waals surface area contributed by atoms with Gasteiger partial charge in [-0.1, -0.05) is 12.2 Å². The molecule has 0 fully saturated rings. The predicted octanol–water partition coefficient (Wildman–Crippen LogP) is 1.78. The second-order valence-corrected chi connectivity index (χ2v) is 2.01.